The number of aromatic nitrogens is 2. The van der Waals surface area contributed by atoms with Crippen molar-refractivity contribution in [3.05, 3.63) is 60.4 Å². The number of fused-ring (bicyclic) bond motifs is 1. The van der Waals surface area contributed by atoms with Crippen LogP contribution in [0.4, 0.5) is 0 Å². The standard InChI is InChI=1S/C18H19N3O2/c1-13(21-9-3-8-20-21)18(22)19-12-14-4-5-16-11-17(23-2)7-6-15(16)10-14/h3-11,13H,12H2,1-2H3,(H,19,22). The molecule has 3 aromatic rings. The molecule has 118 valence electrons. The fraction of sp³-hybridized carbons (Fsp3) is 0.222. The van der Waals surface area contributed by atoms with E-state index in [1.807, 2.05) is 37.3 Å². The molecule has 23 heavy (non-hydrogen) atoms. The Morgan fingerprint density at radius 1 is 1.26 bits per heavy atom. The zero-order valence-corrected chi connectivity index (χ0v) is 13.2. The number of methoxy groups -OCH3 is 1. The van der Waals surface area contributed by atoms with Gasteiger partial charge in [-0.15, -0.1) is 0 Å². The van der Waals surface area contributed by atoms with E-state index < -0.39 is 0 Å². The fourth-order valence-corrected chi connectivity index (χ4v) is 2.48. The molecule has 0 spiro atoms. The highest BCUT2D eigenvalue weighted by Gasteiger charge is 2.14. The minimum atomic E-state index is -0.324. The molecule has 0 saturated carbocycles. The van der Waals surface area contributed by atoms with Gasteiger partial charge in [-0.2, -0.15) is 5.10 Å². The predicted molar refractivity (Wildman–Crippen MR) is 89.3 cm³/mol. The quantitative estimate of drug-likeness (QED) is 0.788. The Labute approximate surface area is 134 Å². The van der Waals surface area contributed by atoms with E-state index >= 15 is 0 Å². The maximum Gasteiger partial charge on any atom is 0.244 e. The van der Waals surface area contributed by atoms with Gasteiger partial charge >= 0.3 is 0 Å². The van der Waals surface area contributed by atoms with E-state index in [0.717, 1.165) is 22.1 Å². The molecule has 1 aromatic heterocycles. The topological polar surface area (TPSA) is 56.1 Å². The Hall–Kier alpha value is -2.82. The summed E-state index contributed by atoms with van der Waals surface area (Å²) in [5.74, 6) is 0.787. The zero-order chi connectivity index (χ0) is 16.2. The van der Waals surface area contributed by atoms with Gasteiger partial charge in [-0.3, -0.25) is 9.48 Å². The van der Waals surface area contributed by atoms with Crippen LogP contribution < -0.4 is 10.1 Å². The number of carbonyl (C=O) groups excluding carboxylic acids is 1. The predicted octanol–water partition coefficient (Wildman–Crippen LogP) is 2.92. The van der Waals surface area contributed by atoms with Crippen LogP contribution in [0.15, 0.2) is 54.9 Å². The van der Waals surface area contributed by atoms with Crippen LogP contribution >= 0.6 is 0 Å². The molecule has 1 unspecified atom stereocenters. The van der Waals surface area contributed by atoms with E-state index in [1.165, 1.54) is 0 Å². The molecule has 0 aliphatic rings. The van der Waals surface area contributed by atoms with Crippen LogP contribution in [0.25, 0.3) is 10.8 Å². The third-order valence-electron chi connectivity index (χ3n) is 3.88. The van der Waals surface area contributed by atoms with Crippen molar-refractivity contribution in [3.63, 3.8) is 0 Å². The second kappa shape index (κ2) is 6.52. The Kier molecular flexibility index (Phi) is 4.28. The van der Waals surface area contributed by atoms with Crippen LogP contribution in [0.1, 0.15) is 18.5 Å². The van der Waals surface area contributed by atoms with Gasteiger partial charge < -0.3 is 10.1 Å². The third kappa shape index (κ3) is 3.34. The van der Waals surface area contributed by atoms with Crippen molar-refractivity contribution < 1.29 is 9.53 Å². The van der Waals surface area contributed by atoms with Crippen LogP contribution in [-0.4, -0.2) is 22.8 Å². The number of ether oxygens (including phenoxy) is 1. The minimum absolute atomic E-state index is 0.0523. The van der Waals surface area contributed by atoms with E-state index in [-0.39, 0.29) is 11.9 Å². The van der Waals surface area contributed by atoms with Crippen LogP contribution in [-0.2, 0) is 11.3 Å². The highest BCUT2D eigenvalue weighted by atomic mass is 16.5. The molecule has 0 fully saturated rings. The van der Waals surface area contributed by atoms with Crippen LogP contribution in [0.5, 0.6) is 5.75 Å². The monoisotopic (exact) mass is 309 g/mol. The summed E-state index contributed by atoms with van der Waals surface area (Å²) in [7, 11) is 1.66. The van der Waals surface area contributed by atoms with Crippen LogP contribution in [0.3, 0.4) is 0 Å². The maximum atomic E-state index is 12.2. The Bertz CT molecular complexity index is 812. The number of nitrogens with zero attached hydrogens (tertiary/aromatic N) is 2. The number of hydrogen-bond donors (Lipinski definition) is 1. The summed E-state index contributed by atoms with van der Waals surface area (Å²) in [6, 6.07) is 13.6. The van der Waals surface area contributed by atoms with Crippen molar-refractivity contribution in [2.24, 2.45) is 0 Å². The van der Waals surface area contributed by atoms with Gasteiger partial charge in [0.15, 0.2) is 0 Å². The highest BCUT2D eigenvalue weighted by molar-refractivity contribution is 5.85. The SMILES string of the molecule is COc1ccc2cc(CNC(=O)C(C)n3cccn3)ccc2c1. The first kappa shape index (κ1) is 15.1. The van der Waals surface area contributed by atoms with Crippen molar-refractivity contribution in [2.45, 2.75) is 19.5 Å². The molecule has 0 aliphatic carbocycles. The van der Waals surface area contributed by atoms with Gasteiger partial charge in [-0.25, -0.2) is 0 Å². The molecule has 0 radical (unpaired) electrons. The molecule has 5 nitrogen and oxygen atoms in total. The Morgan fingerprint density at radius 2 is 2.04 bits per heavy atom. The fourth-order valence-electron chi connectivity index (χ4n) is 2.48. The number of carbonyl (C=O) groups is 1. The summed E-state index contributed by atoms with van der Waals surface area (Å²) in [5.41, 5.74) is 1.06. The average Bonchev–Trinajstić information content (AvgIpc) is 3.12. The van der Waals surface area contributed by atoms with Crippen molar-refractivity contribution in [1.82, 2.24) is 15.1 Å². The molecule has 5 heteroatoms. The van der Waals surface area contributed by atoms with Gasteiger partial charge in [0.05, 0.1) is 7.11 Å². The van der Waals surface area contributed by atoms with Crippen molar-refractivity contribution in [1.29, 1.82) is 0 Å². The number of nitrogens with one attached hydrogen (secondary N) is 1. The molecule has 2 aromatic carbocycles. The first-order valence-electron chi connectivity index (χ1n) is 7.51. The summed E-state index contributed by atoms with van der Waals surface area (Å²) in [6.45, 7) is 2.32. The van der Waals surface area contributed by atoms with Gasteiger partial charge in [0, 0.05) is 18.9 Å². The molecule has 1 atom stereocenters. The molecule has 1 N–H and O–H groups in total. The number of rotatable bonds is 5. The Balaban J connectivity index is 1.68. The number of hydrogen-bond acceptors (Lipinski definition) is 3. The van der Waals surface area contributed by atoms with E-state index in [1.54, 1.807) is 30.3 Å². The van der Waals surface area contributed by atoms with Crippen LogP contribution in [0, 0.1) is 0 Å². The first-order valence-corrected chi connectivity index (χ1v) is 7.51. The lowest BCUT2D eigenvalue weighted by molar-refractivity contribution is -0.124. The zero-order valence-electron chi connectivity index (χ0n) is 13.2. The first-order chi connectivity index (χ1) is 11.2. The molecule has 0 aliphatic heterocycles. The van der Waals surface area contributed by atoms with Gasteiger partial charge in [-0.1, -0.05) is 18.2 Å². The summed E-state index contributed by atoms with van der Waals surface area (Å²) >= 11 is 0. The summed E-state index contributed by atoms with van der Waals surface area (Å²) in [5, 5.41) is 9.28. The third-order valence-corrected chi connectivity index (χ3v) is 3.88. The van der Waals surface area contributed by atoms with E-state index in [2.05, 4.69) is 16.5 Å². The number of amides is 1. The van der Waals surface area contributed by atoms with Gasteiger partial charge in [0.25, 0.3) is 0 Å². The van der Waals surface area contributed by atoms with Crippen LogP contribution in [0.2, 0.25) is 0 Å². The van der Waals surface area contributed by atoms with E-state index in [0.29, 0.717) is 6.54 Å². The summed E-state index contributed by atoms with van der Waals surface area (Å²) in [4.78, 5) is 12.2. The summed E-state index contributed by atoms with van der Waals surface area (Å²) < 4.78 is 6.87. The van der Waals surface area contributed by atoms with E-state index in [9.17, 15) is 4.79 Å². The van der Waals surface area contributed by atoms with Gasteiger partial charge in [0.2, 0.25) is 5.91 Å². The lowest BCUT2D eigenvalue weighted by atomic mass is 10.1. The van der Waals surface area contributed by atoms with E-state index in [4.69, 9.17) is 4.74 Å². The largest absolute Gasteiger partial charge is 0.497 e. The lowest BCUT2D eigenvalue weighted by Gasteiger charge is -2.13. The van der Waals surface area contributed by atoms with Gasteiger partial charge in [0.1, 0.15) is 11.8 Å². The minimum Gasteiger partial charge on any atom is -0.497 e. The molecule has 3 rings (SSSR count). The normalized spacial score (nSPS) is 12.1. The molecule has 1 heterocycles. The van der Waals surface area contributed by atoms with Crippen molar-refractivity contribution >= 4 is 16.7 Å². The molecule has 0 saturated heterocycles. The highest BCUT2D eigenvalue weighted by Crippen LogP contribution is 2.21. The lowest BCUT2D eigenvalue weighted by Crippen LogP contribution is -2.30. The second-order valence-electron chi connectivity index (χ2n) is 5.43. The average molecular weight is 309 g/mol. The molecule has 0 bridgehead atoms. The van der Waals surface area contributed by atoms with Gasteiger partial charge in [-0.05, 0) is 47.5 Å². The summed E-state index contributed by atoms with van der Waals surface area (Å²) in [6.07, 6.45) is 3.45. The maximum absolute atomic E-state index is 12.2. The molecule has 1 amide bonds. The smallest absolute Gasteiger partial charge is 0.244 e. The van der Waals surface area contributed by atoms with Crippen molar-refractivity contribution in [2.75, 3.05) is 7.11 Å². The second-order valence-corrected chi connectivity index (χ2v) is 5.43. The molecular weight excluding hydrogens is 290 g/mol. The molecular formula is C18H19N3O2. The number of benzene rings is 2. The van der Waals surface area contributed by atoms with Crippen molar-refractivity contribution in [3.8, 4) is 5.75 Å². The Morgan fingerprint density at radius 3 is 2.78 bits per heavy atom.